The summed E-state index contributed by atoms with van der Waals surface area (Å²) in [5.74, 6) is 7.37. The molecular formula is C14H26N6. The highest BCUT2D eigenvalue weighted by atomic mass is 15.3. The van der Waals surface area contributed by atoms with Gasteiger partial charge >= 0.3 is 0 Å². The molecule has 0 atom stereocenters. The van der Waals surface area contributed by atoms with Crippen molar-refractivity contribution in [2.45, 2.75) is 39.7 Å². The molecule has 1 aromatic rings. The highest BCUT2D eigenvalue weighted by Crippen LogP contribution is 2.25. The number of rotatable bonds is 5. The van der Waals surface area contributed by atoms with E-state index in [9.17, 15) is 0 Å². The van der Waals surface area contributed by atoms with Crippen LogP contribution in [-0.2, 0) is 6.42 Å². The van der Waals surface area contributed by atoms with Gasteiger partial charge in [-0.2, -0.15) is 0 Å². The van der Waals surface area contributed by atoms with Crippen LogP contribution in [0.4, 0.5) is 11.6 Å². The predicted molar refractivity (Wildman–Crippen MR) is 82.8 cm³/mol. The summed E-state index contributed by atoms with van der Waals surface area (Å²) >= 11 is 0. The van der Waals surface area contributed by atoms with E-state index in [1.807, 2.05) is 0 Å². The fourth-order valence-electron chi connectivity index (χ4n) is 2.73. The molecule has 1 aliphatic rings. The molecule has 0 amide bonds. The summed E-state index contributed by atoms with van der Waals surface area (Å²) in [6.07, 6.45) is 3.60. The quantitative estimate of drug-likeness (QED) is 0.624. The zero-order valence-electron chi connectivity index (χ0n) is 12.8. The first kappa shape index (κ1) is 15.0. The normalized spacial score (nSPS) is 16.8. The van der Waals surface area contributed by atoms with Gasteiger partial charge in [-0.1, -0.05) is 13.3 Å². The van der Waals surface area contributed by atoms with Crippen LogP contribution >= 0.6 is 0 Å². The third kappa shape index (κ3) is 3.19. The molecule has 1 aliphatic heterocycles. The molecule has 6 heteroatoms. The Morgan fingerprint density at radius 2 is 1.95 bits per heavy atom. The smallest absolute Gasteiger partial charge is 0.148 e. The SMILES string of the molecule is CCCc1c(NN)ncnc1N1CCN(C(C)C)CC1. The fourth-order valence-corrected chi connectivity index (χ4v) is 2.73. The van der Waals surface area contributed by atoms with Crippen molar-refractivity contribution in [3.05, 3.63) is 11.9 Å². The average Bonchev–Trinajstić information content (AvgIpc) is 2.48. The zero-order chi connectivity index (χ0) is 14.5. The predicted octanol–water partition coefficient (Wildman–Crippen LogP) is 1.25. The molecule has 0 unspecified atom stereocenters. The molecule has 112 valence electrons. The van der Waals surface area contributed by atoms with Gasteiger partial charge in [0, 0.05) is 37.8 Å². The Morgan fingerprint density at radius 1 is 1.25 bits per heavy atom. The van der Waals surface area contributed by atoms with E-state index in [-0.39, 0.29) is 0 Å². The minimum Gasteiger partial charge on any atom is -0.354 e. The maximum Gasteiger partial charge on any atom is 0.148 e. The number of nitrogen functional groups attached to an aromatic ring is 1. The lowest BCUT2D eigenvalue weighted by molar-refractivity contribution is 0.209. The summed E-state index contributed by atoms with van der Waals surface area (Å²) in [5.41, 5.74) is 3.83. The monoisotopic (exact) mass is 278 g/mol. The van der Waals surface area contributed by atoms with Crippen molar-refractivity contribution in [1.29, 1.82) is 0 Å². The molecule has 1 saturated heterocycles. The van der Waals surface area contributed by atoms with Gasteiger partial charge in [-0.05, 0) is 20.3 Å². The summed E-state index contributed by atoms with van der Waals surface area (Å²) in [6, 6.07) is 0.610. The number of piperazine rings is 1. The maximum atomic E-state index is 5.57. The van der Waals surface area contributed by atoms with E-state index in [0.717, 1.165) is 56.2 Å². The fraction of sp³-hybridized carbons (Fsp3) is 0.714. The van der Waals surface area contributed by atoms with E-state index in [1.165, 1.54) is 0 Å². The second-order valence-electron chi connectivity index (χ2n) is 5.54. The number of nitrogens with two attached hydrogens (primary N) is 1. The van der Waals surface area contributed by atoms with E-state index in [0.29, 0.717) is 6.04 Å². The lowest BCUT2D eigenvalue weighted by Gasteiger charge is -2.38. The molecule has 0 aliphatic carbocycles. The third-order valence-corrected chi connectivity index (χ3v) is 3.90. The zero-order valence-corrected chi connectivity index (χ0v) is 12.8. The molecular weight excluding hydrogens is 252 g/mol. The van der Waals surface area contributed by atoms with E-state index < -0.39 is 0 Å². The molecule has 0 aromatic carbocycles. The van der Waals surface area contributed by atoms with Crippen molar-refractivity contribution >= 4 is 11.6 Å². The van der Waals surface area contributed by atoms with Crippen LogP contribution in [0.1, 0.15) is 32.8 Å². The number of anilines is 2. The lowest BCUT2D eigenvalue weighted by Crippen LogP contribution is -2.49. The molecule has 2 rings (SSSR count). The first-order valence-corrected chi connectivity index (χ1v) is 7.46. The van der Waals surface area contributed by atoms with Crippen molar-refractivity contribution in [2.75, 3.05) is 36.5 Å². The largest absolute Gasteiger partial charge is 0.354 e. The Labute approximate surface area is 121 Å². The van der Waals surface area contributed by atoms with Crippen molar-refractivity contribution in [1.82, 2.24) is 14.9 Å². The first-order chi connectivity index (χ1) is 9.67. The molecule has 20 heavy (non-hydrogen) atoms. The Kier molecular flexibility index (Phi) is 5.14. The summed E-state index contributed by atoms with van der Waals surface area (Å²) in [6.45, 7) is 10.8. The minimum atomic E-state index is 0.610. The van der Waals surface area contributed by atoms with Gasteiger partial charge in [-0.25, -0.2) is 15.8 Å². The summed E-state index contributed by atoms with van der Waals surface area (Å²) in [5, 5.41) is 0. The Morgan fingerprint density at radius 3 is 2.50 bits per heavy atom. The van der Waals surface area contributed by atoms with Gasteiger partial charge in [0.05, 0.1) is 0 Å². The minimum absolute atomic E-state index is 0.610. The van der Waals surface area contributed by atoms with Crippen LogP contribution in [0.25, 0.3) is 0 Å². The topological polar surface area (TPSA) is 70.3 Å². The molecule has 0 radical (unpaired) electrons. The number of hydrazine groups is 1. The van der Waals surface area contributed by atoms with Crippen molar-refractivity contribution in [3.8, 4) is 0 Å². The van der Waals surface area contributed by atoms with Gasteiger partial charge in [0.2, 0.25) is 0 Å². The highest BCUT2D eigenvalue weighted by molar-refractivity contribution is 5.58. The molecule has 6 nitrogen and oxygen atoms in total. The molecule has 1 fully saturated rings. The number of hydrogen-bond acceptors (Lipinski definition) is 6. The second-order valence-corrected chi connectivity index (χ2v) is 5.54. The van der Waals surface area contributed by atoms with Crippen LogP contribution in [0, 0.1) is 0 Å². The first-order valence-electron chi connectivity index (χ1n) is 7.46. The number of aromatic nitrogens is 2. The van der Waals surface area contributed by atoms with Crippen LogP contribution in [0.5, 0.6) is 0 Å². The molecule has 0 spiro atoms. The molecule has 2 heterocycles. The van der Waals surface area contributed by atoms with Crippen molar-refractivity contribution < 1.29 is 0 Å². The molecule has 0 bridgehead atoms. The van der Waals surface area contributed by atoms with Crippen molar-refractivity contribution in [2.24, 2.45) is 5.84 Å². The molecule has 0 saturated carbocycles. The van der Waals surface area contributed by atoms with Gasteiger partial charge < -0.3 is 10.3 Å². The summed E-state index contributed by atoms with van der Waals surface area (Å²) in [4.78, 5) is 13.6. The van der Waals surface area contributed by atoms with Crippen LogP contribution < -0.4 is 16.2 Å². The Bertz CT molecular complexity index is 426. The standard InChI is InChI=1S/C14H26N6/c1-4-5-12-13(18-15)16-10-17-14(12)20-8-6-19(7-9-20)11(2)3/h10-11H,4-9,15H2,1-3H3,(H,16,17,18). The van der Waals surface area contributed by atoms with Crippen LogP contribution in [0.2, 0.25) is 0 Å². The van der Waals surface area contributed by atoms with E-state index >= 15 is 0 Å². The summed E-state index contributed by atoms with van der Waals surface area (Å²) < 4.78 is 0. The van der Waals surface area contributed by atoms with Crippen LogP contribution in [0.15, 0.2) is 6.33 Å². The Hall–Kier alpha value is -1.40. The number of nitrogens with one attached hydrogen (secondary N) is 1. The highest BCUT2D eigenvalue weighted by Gasteiger charge is 2.22. The van der Waals surface area contributed by atoms with Gasteiger partial charge in [0.15, 0.2) is 0 Å². The van der Waals surface area contributed by atoms with Crippen molar-refractivity contribution in [3.63, 3.8) is 0 Å². The van der Waals surface area contributed by atoms with Gasteiger partial charge in [0.1, 0.15) is 18.0 Å². The second kappa shape index (κ2) is 6.85. The molecule has 3 N–H and O–H groups in total. The van der Waals surface area contributed by atoms with E-state index in [4.69, 9.17) is 5.84 Å². The Balaban J connectivity index is 2.16. The van der Waals surface area contributed by atoms with Gasteiger partial charge in [-0.15, -0.1) is 0 Å². The molecule has 1 aromatic heterocycles. The number of hydrogen-bond donors (Lipinski definition) is 2. The lowest BCUT2D eigenvalue weighted by atomic mass is 10.1. The van der Waals surface area contributed by atoms with Gasteiger partial charge in [0.25, 0.3) is 0 Å². The van der Waals surface area contributed by atoms with E-state index in [2.05, 4.69) is 46.0 Å². The third-order valence-electron chi connectivity index (χ3n) is 3.90. The van der Waals surface area contributed by atoms with Crippen LogP contribution in [-0.4, -0.2) is 47.1 Å². The number of nitrogens with zero attached hydrogens (tertiary/aromatic N) is 4. The average molecular weight is 278 g/mol. The maximum absolute atomic E-state index is 5.57. The summed E-state index contributed by atoms with van der Waals surface area (Å²) in [7, 11) is 0. The van der Waals surface area contributed by atoms with Crippen LogP contribution in [0.3, 0.4) is 0 Å². The van der Waals surface area contributed by atoms with E-state index in [1.54, 1.807) is 6.33 Å². The van der Waals surface area contributed by atoms with Gasteiger partial charge in [-0.3, -0.25) is 4.90 Å².